The summed E-state index contributed by atoms with van der Waals surface area (Å²) in [5.74, 6) is 2.48. The maximum Gasteiger partial charge on any atom is 0.122 e. The minimum atomic E-state index is -1.10. The number of fused-ring (bicyclic) bond motifs is 1. The van der Waals surface area contributed by atoms with Crippen LogP contribution in [-0.4, -0.2) is 37.6 Å². The number of methoxy groups -OCH3 is 2. The maximum absolute atomic E-state index is 12.2. The van der Waals surface area contributed by atoms with Crippen molar-refractivity contribution in [2.24, 2.45) is 0 Å². The van der Waals surface area contributed by atoms with E-state index in [4.69, 9.17) is 9.47 Å². The molecular formula is C22H26O3S3. The lowest BCUT2D eigenvalue weighted by Gasteiger charge is -2.33. The van der Waals surface area contributed by atoms with Crippen molar-refractivity contribution >= 4 is 35.3 Å². The van der Waals surface area contributed by atoms with Gasteiger partial charge in [-0.25, -0.2) is 0 Å². The summed E-state index contributed by atoms with van der Waals surface area (Å²) >= 11 is 5.23. The molecule has 0 aromatic heterocycles. The van der Waals surface area contributed by atoms with Gasteiger partial charge in [0, 0.05) is 32.4 Å². The molecule has 1 unspecified atom stereocenters. The van der Waals surface area contributed by atoms with E-state index >= 15 is 0 Å². The molecule has 150 valence electrons. The van der Waals surface area contributed by atoms with Crippen molar-refractivity contribution in [1.29, 1.82) is 0 Å². The first-order chi connectivity index (χ1) is 13.6. The highest BCUT2D eigenvalue weighted by Gasteiger charge is 2.40. The highest BCUT2D eigenvalue weighted by molar-refractivity contribution is 8.21. The molecule has 0 radical (unpaired) electrons. The maximum atomic E-state index is 12.2. The zero-order valence-electron chi connectivity index (χ0n) is 16.7. The molecule has 1 N–H and O–H groups in total. The van der Waals surface area contributed by atoms with Gasteiger partial charge in [0.15, 0.2) is 0 Å². The lowest BCUT2D eigenvalue weighted by molar-refractivity contribution is 0.0708. The summed E-state index contributed by atoms with van der Waals surface area (Å²) < 4.78 is 12.2. The predicted octanol–water partition coefficient (Wildman–Crippen LogP) is 5.57. The predicted molar refractivity (Wildman–Crippen MR) is 123 cm³/mol. The van der Waals surface area contributed by atoms with Crippen LogP contribution in [0.1, 0.15) is 17.5 Å². The molecule has 1 aliphatic rings. The van der Waals surface area contributed by atoms with E-state index < -0.39 is 5.60 Å². The number of benzene rings is 2. The molecule has 0 fully saturated rings. The molecule has 0 bridgehead atoms. The van der Waals surface area contributed by atoms with Crippen LogP contribution < -0.4 is 9.47 Å². The molecule has 1 heterocycles. The SMILES string of the molecule is COc1ccc(OC)c(CC2(O)C(=C(SC)SC)CCSc3ccccc32)c1. The minimum absolute atomic E-state index is 0.435. The Morgan fingerprint density at radius 3 is 2.54 bits per heavy atom. The van der Waals surface area contributed by atoms with Crippen LogP contribution in [0.15, 0.2) is 57.2 Å². The molecule has 1 atom stereocenters. The average Bonchev–Trinajstić information content (AvgIpc) is 2.86. The van der Waals surface area contributed by atoms with Gasteiger partial charge in [-0.05, 0) is 48.8 Å². The van der Waals surface area contributed by atoms with Gasteiger partial charge < -0.3 is 14.6 Å². The molecule has 1 aliphatic heterocycles. The van der Waals surface area contributed by atoms with E-state index in [0.29, 0.717) is 6.42 Å². The van der Waals surface area contributed by atoms with Crippen LogP contribution in [0.4, 0.5) is 0 Å². The van der Waals surface area contributed by atoms with Crippen LogP contribution in [0, 0.1) is 0 Å². The average molecular weight is 435 g/mol. The first kappa shape index (κ1) is 21.5. The van der Waals surface area contributed by atoms with Crippen molar-refractivity contribution in [1.82, 2.24) is 0 Å². The lowest BCUT2D eigenvalue weighted by atomic mass is 9.80. The van der Waals surface area contributed by atoms with Crippen molar-refractivity contribution in [2.75, 3.05) is 32.5 Å². The highest BCUT2D eigenvalue weighted by atomic mass is 32.2. The van der Waals surface area contributed by atoms with Gasteiger partial charge in [-0.15, -0.1) is 35.3 Å². The molecule has 3 rings (SSSR count). The third-order valence-corrected chi connectivity index (χ3v) is 8.30. The lowest BCUT2D eigenvalue weighted by Crippen LogP contribution is -2.32. The zero-order chi connectivity index (χ0) is 20.1. The minimum Gasteiger partial charge on any atom is -0.497 e. The van der Waals surface area contributed by atoms with Crippen LogP contribution in [0.25, 0.3) is 0 Å². The third-order valence-electron chi connectivity index (χ3n) is 4.99. The Morgan fingerprint density at radius 2 is 1.86 bits per heavy atom. The number of rotatable bonds is 6. The Kier molecular flexibility index (Phi) is 7.31. The second-order valence-corrected chi connectivity index (χ2v) is 9.51. The van der Waals surface area contributed by atoms with E-state index in [9.17, 15) is 5.11 Å². The number of hydrogen-bond donors (Lipinski definition) is 1. The summed E-state index contributed by atoms with van der Waals surface area (Å²) in [6.07, 6.45) is 5.44. The first-order valence-electron chi connectivity index (χ1n) is 9.04. The van der Waals surface area contributed by atoms with Gasteiger partial charge in [-0.2, -0.15) is 0 Å². The summed E-state index contributed by atoms with van der Waals surface area (Å²) in [5, 5.41) is 12.2. The summed E-state index contributed by atoms with van der Waals surface area (Å²) in [7, 11) is 3.32. The zero-order valence-corrected chi connectivity index (χ0v) is 19.1. The fourth-order valence-electron chi connectivity index (χ4n) is 3.66. The van der Waals surface area contributed by atoms with E-state index in [0.717, 1.165) is 45.3 Å². The van der Waals surface area contributed by atoms with E-state index in [2.05, 4.69) is 24.6 Å². The van der Waals surface area contributed by atoms with Crippen molar-refractivity contribution in [2.45, 2.75) is 23.3 Å². The summed E-state index contributed by atoms with van der Waals surface area (Å²) in [4.78, 5) is 1.14. The second kappa shape index (κ2) is 9.53. The number of thioether (sulfide) groups is 3. The van der Waals surface area contributed by atoms with Crippen LogP contribution in [0.5, 0.6) is 11.5 Å². The summed E-state index contributed by atoms with van der Waals surface area (Å²) in [6, 6.07) is 14.0. The van der Waals surface area contributed by atoms with Gasteiger partial charge in [0.1, 0.15) is 17.1 Å². The molecule has 0 aliphatic carbocycles. The summed E-state index contributed by atoms with van der Waals surface area (Å²) in [5.41, 5.74) is 1.90. The Labute approximate surface area is 180 Å². The van der Waals surface area contributed by atoms with Crippen LogP contribution in [0.3, 0.4) is 0 Å². The normalized spacial score (nSPS) is 19.0. The fourth-order valence-corrected chi connectivity index (χ4v) is 6.46. The first-order valence-corrected chi connectivity index (χ1v) is 12.5. The Balaban J connectivity index is 2.21. The van der Waals surface area contributed by atoms with Gasteiger partial charge in [0.2, 0.25) is 0 Å². The van der Waals surface area contributed by atoms with Gasteiger partial charge in [-0.1, -0.05) is 18.2 Å². The Morgan fingerprint density at radius 1 is 1.11 bits per heavy atom. The molecule has 3 nitrogen and oxygen atoms in total. The molecule has 0 amide bonds. The van der Waals surface area contributed by atoms with Gasteiger partial charge in [-0.3, -0.25) is 0 Å². The largest absolute Gasteiger partial charge is 0.497 e. The smallest absolute Gasteiger partial charge is 0.122 e. The van der Waals surface area contributed by atoms with Gasteiger partial charge >= 0.3 is 0 Å². The molecule has 0 saturated heterocycles. The van der Waals surface area contributed by atoms with Crippen molar-refractivity contribution in [3.63, 3.8) is 0 Å². The molecule has 0 spiro atoms. The molecular weight excluding hydrogens is 408 g/mol. The number of hydrogen-bond acceptors (Lipinski definition) is 6. The quantitative estimate of drug-likeness (QED) is 0.641. The second-order valence-electron chi connectivity index (χ2n) is 6.48. The fraction of sp³-hybridized carbons (Fsp3) is 0.364. The number of ether oxygens (including phenoxy) is 2. The number of aliphatic hydroxyl groups is 1. The van der Waals surface area contributed by atoms with Gasteiger partial charge in [0.25, 0.3) is 0 Å². The monoisotopic (exact) mass is 434 g/mol. The van der Waals surface area contributed by atoms with E-state index in [1.54, 1.807) is 37.7 Å². The van der Waals surface area contributed by atoms with Crippen molar-refractivity contribution in [3.8, 4) is 11.5 Å². The van der Waals surface area contributed by atoms with Crippen LogP contribution in [-0.2, 0) is 12.0 Å². The third kappa shape index (κ3) is 4.20. The Hall–Kier alpha value is -1.21. The topological polar surface area (TPSA) is 38.7 Å². The Bertz CT molecular complexity index is 860. The van der Waals surface area contributed by atoms with Crippen molar-refractivity contribution in [3.05, 3.63) is 63.4 Å². The molecule has 0 saturated carbocycles. The van der Waals surface area contributed by atoms with E-state index in [1.807, 2.05) is 42.1 Å². The van der Waals surface area contributed by atoms with E-state index in [-0.39, 0.29) is 0 Å². The van der Waals surface area contributed by atoms with Crippen LogP contribution >= 0.6 is 35.3 Å². The molecule has 28 heavy (non-hydrogen) atoms. The van der Waals surface area contributed by atoms with Gasteiger partial charge in [0.05, 0.1) is 14.2 Å². The molecule has 2 aromatic rings. The highest BCUT2D eigenvalue weighted by Crippen LogP contribution is 2.49. The van der Waals surface area contributed by atoms with Crippen molar-refractivity contribution < 1.29 is 14.6 Å². The standard InChI is InChI=1S/C22H26O3S3/c1-24-16-9-10-19(25-2)15(13-16)14-22(23)17-7-5-6-8-20(17)28-12-11-18(22)21(26-3)27-4/h5-10,13,23H,11-12,14H2,1-4H3. The molecule has 2 aromatic carbocycles. The summed E-state index contributed by atoms with van der Waals surface area (Å²) in [6.45, 7) is 0. The van der Waals surface area contributed by atoms with Crippen LogP contribution in [0.2, 0.25) is 0 Å². The van der Waals surface area contributed by atoms with E-state index in [1.165, 1.54) is 4.24 Å². The molecule has 6 heteroatoms.